The van der Waals surface area contributed by atoms with Crippen LogP contribution in [-0.2, 0) is 9.59 Å². The van der Waals surface area contributed by atoms with Gasteiger partial charge in [-0.25, -0.2) is 4.79 Å². The first-order valence-electron chi connectivity index (χ1n) is 7.27. The second kappa shape index (κ2) is 7.46. The molecule has 0 heterocycles. The van der Waals surface area contributed by atoms with Crippen molar-refractivity contribution in [1.82, 2.24) is 5.32 Å². The molecule has 0 radical (unpaired) electrons. The van der Waals surface area contributed by atoms with Crippen LogP contribution < -0.4 is 10.6 Å². The highest BCUT2D eigenvalue weighted by Gasteiger charge is 2.33. The Hall–Kier alpha value is -2.08. The highest BCUT2D eigenvalue weighted by Crippen LogP contribution is 2.22. The second-order valence-corrected chi connectivity index (χ2v) is 6.19. The number of carbonyl (C=O) groups excluding carboxylic acids is 2. The molecule has 6 nitrogen and oxygen atoms in total. The molecule has 0 saturated heterocycles. The van der Waals surface area contributed by atoms with E-state index in [0.717, 1.165) is 0 Å². The van der Waals surface area contributed by atoms with E-state index in [1.165, 1.54) is 19.1 Å². The van der Waals surface area contributed by atoms with Crippen LogP contribution in [0.5, 0.6) is 0 Å². The van der Waals surface area contributed by atoms with E-state index < -0.39 is 17.4 Å². The first-order chi connectivity index (χ1) is 10.6. The Morgan fingerprint density at radius 2 is 1.91 bits per heavy atom. The van der Waals surface area contributed by atoms with Crippen molar-refractivity contribution in [3.63, 3.8) is 0 Å². The van der Waals surface area contributed by atoms with E-state index in [4.69, 9.17) is 11.6 Å². The van der Waals surface area contributed by atoms with Crippen molar-refractivity contribution < 1.29 is 19.5 Å². The van der Waals surface area contributed by atoms with Gasteiger partial charge in [0.1, 0.15) is 5.54 Å². The minimum Gasteiger partial charge on any atom is -0.480 e. The lowest BCUT2D eigenvalue weighted by atomic mass is 9.98. The topological polar surface area (TPSA) is 95.5 Å². The molecule has 0 aromatic heterocycles. The number of aliphatic carboxylic acids is 1. The van der Waals surface area contributed by atoms with Gasteiger partial charge >= 0.3 is 5.97 Å². The molecular formula is C16H21ClN2O4. The third-order valence-corrected chi connectivity index (χ3v) is 3.90. The van der Waals surface area contributed by atoms with Crippen molar-refractivity contribution in [2.45, 2.75) is 39.7 Å². The number of hydrogen-bond donors (Lipinski definition) is 3. The minimum absolute atomic E-state index is 0.106. The summed E-state index contributed by atoms with van der Waals surface area (Å²) < 4.78 is 0. The first kappa shape index (κ1) is 19.0. The van der Waals surface area contributed by atoms with Crippen molar-refractivity contribution in [3.05, 3.63) is 28.8 Å². The van der Waals surface area contributed by atoms with Crippen LogP contribution in [0.2, 0.25) is 5.02 Å². The average Bonchev–Trinajstić information content (AvgIpc) is 2.48. The number of amides is 2. The fourth-order valence-corrected chi connectivity index (χ4v) is 1.88. The van der Waals surface area contributed by atoms with Crippen LogP contribution in [0.4, 0.5) is 5.69 Å². The monoisotopic (exact) mass is 340 g/mol. The molecule has 0 fully saturated rings. The number of rotatable bonds is 6. The Labute approximate surface area is 140 Å². The van der Waals surface area contributed by atoms with Gasteiger partial charge in [-0.1, -0.05) is 32.4 Å². The van der Waals surface area contributed by atoms with E-state index in [-0.39, 0.29) is 28.8 Å². The van der Waals surface area contributed by atoms with Crippen LogP contribution in [0.25, 0.3) is 0 Å². The van der Waals surface area contributed by atoms with Gasteiger partial charge in [0, 0.05) is 11.6 Å². The normalized spacial score (nSPS) is 13.3. The molecule has 0 saturated carbocycles. The molecule has 0 aliphatic heterocycles. The van der Waals surface area contributed by atoms with Gasteiger partial charge in [-0.05, 0) is 31.5 Å². The van der Waals surface area contributed by atoms with Crippen LogP contribution in [0.1, 0.15) is 44.5 Å². The quantitative estimate of drug-likeness (QED) is 0.742. The molecule has 0 aliphatic carbocycles. The Morgan fingerprint density at radius 3 is 2.39 bits per heavy atom. The lowest BCUT2D eigenvalue weighted by Crippen LogP contribution is -2.51. The van der Waals surface area contributed by atoms with E-state index in [0.29, 0.717) is 5.69 Å². The lowest BCUT2D eigenvalue weighted by molar-refractivity contribution is -0.143. The maximum Gasteiger partial charge on any atom is 0.329 e. The van der Waals surface area contributed by atoms with Gasteiger partial charge in [0.25, 0.3) is 5.91 Å². The van der Waals surface area contributed by atoms with Gasteiger partial charge in [-0.2, -0.15) is 0 Å². The maximum atomic E-state index is 12.3. The standard InChI is InChI=1S/C16H21ClN2O4/c1-5-16(4,15(22)23)19-14(21)11-8-10(6-7-12(11)17)18-13(20)9(2)3/h6-9H,5H2,1-4H3,(H,18,20)(H,19,21)(H,22,23). The highest BCUT2D eigenvalue weighted by molar-refractivity contribution is 6.34. The number of hydrogen-bond acceptors (Lipinski definition) is 3. The number of carboxylic acid groups (broad SMARTS) is 1. The summed E-state index contributed by atoms with van der Waals surface area (Å²) in [4.78, 5) is 35.4. The Bertz CT molecular complexity index is 631. The van der Waals surface area contributed by atoms with Gasteiger partial charge in [0.15, 0.2) is 0 Å². The first-order valence-corrected chi connectivity index (χ1v) is 7.64. The van der Waals surface area contributed by atoms with Crippen molar-refractivity contribution in [1.29, 1.82) is 0 Å². The largest absolute Gasteiger partial charge is 0.480 e. The zero-order valence-electron chi connectivity index (χ0n) is 13.6. The SMILES string of the molecule is CCC(C)(NC(=O)c1cc(NC(=O)C(C)C)ccc1Cl)C(=O)O. The number of nitrogens with one attached hydrogen (secondary N) is 2. The van der Waals surface area contributed by atoms with Crippen molar-refractivity contribution in [2.75, 3.05) is 5.32 Å². The molecule has 126 valence electrons. The van der Waals surface area contributed by atoms with Crippen LogP contribution in [-0.4, -0.2) is 28.4 Å². The van der Waals surface area contributed by atoms with Crippen molar-refractivity contribution >= 4 is 35.1 Å². The average molecular weight is 341 g/mol. The molecule has 1 rings (SSSR count). The summed E-state index contributed by atoms with van der Waals surface area (Å²) in [6.07, 6.45) is 0.218. The number of anilines is 1. The number of benzene rings is 1. The van der Waals surface area contributed by atoms with E-state index >= 15 is 0 Å². The molecule has 0 aliphatic rings. The molecule has 1 aromatic carbocycles. The third kappa shape index (κ3) is 4.69. The fourth-order valence-electron chi connectivity index (χ4n) is 1.67. The Kier molecular flexibility index (Phi) is 6.15. The summed E-state index contributed by atoms with van der Waals surface area (Å²) in [5.41, 5.74) is -0.863. The summed E-state index contributed by atoms with van der Waals surface area (Å²) in [6.45, 7) is 6.58. The lowest BCUT2D eigenvalue weighted by Gasteiger charge is -2.25. The van der Waals surface area contributed by atoms with Gasteiger partial charge in [-0.3, -0.25) is 9.59 Å². The smallest absolute Gasteiger partial charge is 0.329 e. The van der Waals surface area contributed by atoms with Gasteiger partial charge in [0.05, 0.1) is 10.6 Å². The summed E-state index contributed by atoms with van der Waals surface area (Å²) in [5, 5.41) is 14.5. The van der Waals surface area contributed by atoms with E-state index in [2.05, 4.69) is 10.6 Å². The zero-order chi connectivity index (χ0) is 17.8. The van der Waals surface area contributed by atoms with E-state index in [1.54, 1.807) is 26.8 Å². The number of carboxylic acids is 1. The van der Waals surface area contributed by atoms with Gasteiger partial charge in [-0.15, -0.1) is 0 Å². The number of halogens is 1. The molecule has 0 spiro atoms. The summed E-state index contributed by atoms with van der Waals surface area (Å²) >= 11 is 6.02. The summed E-state index contributed by atoms with van der Waals surface area (Å²) in [7, 11) is 0. The van der Waals surface area contributed by atoms with Crippen LogP contribution in [0, 0.1) is 5.92 Å². The zero-order valence-corrected chi connectivity index (χ0v) is 14.3. The van der Waals surface area contributed by atoms with Crippen LogP contribution in [0.3, 0.4) is 0 Å². The van der Waals surface area contributed by atoms with Crippen LogP contribution >= 0.6 is 11.6 Å². The summed E-state index contributed by atoms with van der Waals surface area (Å²) in [6, 6.07) is 4.49. The Balaban J connectivity index is 3.05. The minimum atomic E-state index is -1.39. The predicted octanol–water partition coefficient (Wildman–Crippen LogP) is 2.92. The van der Waals surface area contributed by atoms with Crippen molar-refractivity contribution in [3.8, 4) is 0 Å². The van der Waals surface area contributed by atoms with Gasteiger partial charge in [0.2, 0.25) is 5.91 Å². The van der Waals surface area contributed by atoms with Crippen molar-refractivity contribution in [2.24, 2.45) is 5.92 Å². The molecular weight excluding hydrogens is 320 g/mol. The highest BCUT2D eigenvalue weighted by atomic mass is 35.5. The van der Waals surface area contributed by atoms with Gasteiger partial charge < -0.3 is 15.7 Å². The van der Waals surface area contributed by atoms with Crippen LogP contribution in [0.15, 0.2) is 18.2 Å². The maximum absolute atomic E-state index is 12.3. The third-order valence-electron chi connectivity index (χ3n) is 3.57. The molecule has 0 bridgehead atoms. The Morgan fingerprint density at radius 1 is 1.30 bits per heavy atom. The molecule has 23 heavy (non-hydrogen) atoms. The molecule has 1 atom stereocenters. The molecule has 7 heteroatoms. The summed E-state index contributed by atoms with van der Waals surface area (Å²) in [5.74, 6) is -2.14. The fraction of sp³-hybridized carbons (Fsp3) is 0.438. The molecule has 1 unspecified atom stereocenters. The molecule has 3 N–H and O–H groups in total. The second-order valence-electron chi connectivity index (χ2n) is 5.78. The van der Waals surface area contributed by atoms with E-state index in [1.807, 2.05) is 0 Å². The molecule has 1 aromatic rings. The molecule has 2 amide bonds. The number of carbonyl (C=O) groups is 3. The van der Waals surface area contributed by atoms with E-state index in [9.17, 15) is 19.5 Å². The predicted molar refractivity (Wildman–Crippen MR) is 88.7 cm³/mol.